The highest BCUT2D eigenvalue weighted by atomic mass is 79.9. The van der Waals surface area contributed by atoms with Crippen molar-refractivity contribution in [3.8, 4) is 11.8 Å². The van der Waals surface area contributed by atoms with Crippen molar-refractivity contribution in [2.75, 3.05) is 13.2 Å². The van der Waals surface area contributed by atoms with Crippen molar-refractivity contribution in [2.45, 2.75) is 26.4 Å². The Hall–Kier alpha value is -2.46. The standard InChI is InChI=1S/C24H22BrN3OS/c1-2-29-22-9-8-18(12-21(22)25)14-27-24-20(13-26)19-10-11-28(16-23(19)30-24)15-17-6-4-3-5-7-17/h3-9,12,14H,2,10-11,15-16H2,1H3. The average Bonchev–Trinajstić information content (AvgIpc) is 3.11. The Morgan fingerprint density at radius 2 is 2.10 bits per heavy atom. The van der Waals surface area contributed by atoms with Gasteiger partial charge in [0.2, 0.25) is 0 Å². The zero-order chi connectivity index (χ0) is 20.9. The molecule has 0 N–H and O–H groups in total. The van der Waals surface area contributed by atoms with Crippen LogP contribution in [0.4, 0.5) is 5.00 Å². The van der Waals surface area contributed by atoms with Crippen LogP contribution in [0.1, 0.15) is 34.1 Å². The molecule has 1 aliphatic rings. The third-order valence-corrected chi connectivity index (χ3v) is 6.81. The number of thiophene rings is 1. The van der Waals surface area contributed by atoms with Crippen LogP contribution < -0.4 is 4.74 Å². The van der Waals surface area contributed by atoms with E-state index in [2.05, 4.69) is 56.2 Å². The highest BCUT2D eigenvalue weighted by molar-refractivity contribution is 9.10. The molecule has 0 fully saturated rings. The van der Waals surface area contributed by atoms with Gasteiger partial charge in [-0.2, -0.15) is 5.26 Å². The lowest BCUT2D eigenvalue weighted by Crippen LogP contribution is -2.29. The number of nitrogens with zero attached hydrogens (tertiary/aromatic N) is 3. The maximum Gasteiger partial charge on any atom is 0.134 e. The fourth-order valence-corrected chi connectivity index (χ4v) is 5.32. The third-order valence-electron chi connectivity index (χ3n) is 5.06. The minimum absolute atomic E-state index is 0.625. The topological polar surface area (TPSA) is 48.6 Å². The Kier molecular flexibility index (Phi) is 6.63. The maximum atomic E-state index is 9.75. The number of hydrogen-bond acceptors (Lipinski definition) is 5. The summed E-state index contributed by atoms with van der Waals surface area (Å²) in [6.07, 6.45) is 2.71. The number of halogens is 1. The Balaban J connectivity index is 1.53. The Morgan fingerprint density at radius 1 is 1.27 bits per heavy atom. The summed E-state index contributed by atoms with van der Waals surface area (Å²) >= 11 is 5.18. The van der Waals surface area contributed by atoms with E-state index in [1.807, 2.05) is 37.4 Å². The van der Waals surface area contributed by atoms with Crippen LogP contribution >= 0.6 is 27.3 Å². The summed E-state index contributed by atoms with van der Waals surface area (Å²) in [5.74, 6) is 0.817. The number of fused-ring (bicyclic) bond motifs is 1. The van der Waals surface area contributed by atoms with Gasteiger partial charge in [0.1, 0.15) is 16.8 Å². The van der Waals surface area contributed by atoms with Crippen molar-refractivity contribution < 1.29 is 4.74 Å². The molecule has 0 unspecified atom stereocenters. The molecule has 1 aliphatic heterocycles. The lowest BCUT2D eigenvalue weighted by atomic mass is 10.0. The number of hydrogen-bond donors (Lipinski definition) is 0. The summed E-state index contributed by atoms with van der Waals surface area (Å²) in [4.78, 5) is 8.36. The van der Waals surface area contributed by atoms with Gasteiger partial charge in [-0.25, -0.2) is 4.99 Å². The number of rotatable bonds is 6. The van der Waals surface area contributed by atoms with Gasteiger partial charge >= 0.3 is 0 Å². The highest BCUT2D eigenvalue weighted by Crippen LogP contribution is 2.38. The fraction of sp³-hybridized carbons (Fsp3) is 0.250. The van der Waals surface area contributed by atoms with Crippen LogP contribution in [0.2, 0.25) is 0 Å². The van der Waals surface area contributed by atoms with Gasteiger partial charge in [0.25, 0.3) is 0 Å². The van der Waals surface area contributed by atoms with Gasteiger partial charge in [-0.1, -0.05) is 30.3 Å². The molecule has 0 saturated heterocycles. The molecule has 6 heteroatoms. The first-order valence-electron chi connectivity index (χ1n) is 9.95. The summed E-state index contributed by atoms with van der Waals surface area (Å²) < 4.78 is 6.46. The van der Waals surface area contributed by atoms with Crippen LogP contribution in [-0.4, -0.2) is 24.3 Å². The first-order valence-corrected chi connectivity index (χ1v) is 11.6. The molecule has 0 atom stereocenters. The van der Waals surface area contributed by atoms with Crippen molar-refractivity contribution in [1.82, 2.24) is 4.90 Å². The molecule has 4 nitrogen and oxygen atoms in total. The van der Waals surface area contributed by atoms with E-state index in [4.69, 9.17) is 4.74 Å². The summed E-state index contributed by atoms with van der Waals surface area (Å²) in [5, 5.41) is 10.5. The second-order valence-electron chi connectivity index (χ2n) is 7.12. The number of nitriles is 1. The van der Waals surface area contributed by atoms with Crippen molar-refractivity contribution in [3.05, 3.63) is 80.1 Å². The minimum atomic E-state index is 0.625. The smallest absolute Gasteiger partial charge is 0.134 e. The normalized spacial score (nSPS) is 13.9. The molecule has 3 aromatic rings. The van der Waals surface area contributed by atoms with E-state index in [1.165, 1.54) is 16.0 Å². The van der Waals surface area contributed by atoms with Gasteiger partial charge in [-0.3, -0.25) is 4.90 Å². The minimum Gasteiger partial charge on any atom is -0.493 e. The van der Waals surface area contributed by atoms with E-state index in [-0.39, 0.29) is 0 Å². The second-order valence-corrected chi connectivity index (χ2v) is 9.06. The van der Waals surface area contributed by atoms with Crippen LogP contribution in [0.5, 0.6) is 5.75 Å². The lowest BCUT2D eigenvalue weighted by Gasteiger charge is -2.26. The number of benzene rings is 2. The van der Waals surface area contributed by atoms with Crippen LogP contribution in [0.3, 0.4) is 0 Å². The predicted molar refractivity (Wildman–Crippen MR) is 126 cm³/mol. The fourth-order valence-electron chi connectivity index (χ4n) is 3.63. The molecular weight excluding hydrogens is 458 g/mol. The lowest BCUT2D eigenvalue weighted by molar-refractivity contribution is 0.249. The van der Waals surface area contributed by atoms with Gasteiger partial charge in [-0.15, -0.1) is 11.3 Å². The summed E-state index contributed by atoms with van der Waals surface area (Å²) in [7, 11) is 0. The Morgan fingerprint density at radius 3 is 2.83 bits per heavy atom. The summed E-state index contributed by atoms with van der Waals surface area (Å²) in [6.45, 7) is 5.35. The van der Waals surface area contributed by atoms with E-state index < -0.39 is 0 Å². The SMILES string of the molecule is CCOc1ccc(C=Nc2sc3c(c2C#N)CCN(Cc2ccccc2)C3)cc1Br. The molecule has 0 radical (unpaired) electrons. The van der Waals surface area contributed by atoms with Crippen molar-refractivity contribution in [3.63, 3.8) is 0 Å². The summed E-state index contributed by atoms with van der Waals surface area (Å²) in [5.41, 5.74) is 4.19. The molecule has 152 valence electrons. The van der Waals surface area contributed by atoms with E-state index in [0.717, 1.165) is 52.4 Å². The number of ether oxygens (including phenoxy) is 1. The first kappa shape index (κ1) is 20.8. The molecule has 0 bridgehead atoms. The van der Waals surface area contributed by atoms with Crippen LogP contribution in [-0.2, 0) is 19.5 Å². The monoisotopic (exact) mass is 479 g/mol. The molecule has 0 amide bonds. The zero-order valence-electron chi connectivity index (χ0n) is 16.8. The van der Waals surface area contributed by atoms with Crippen molar-refractivity contribution in [1.29, 1.82) is 5.26 Å². The molecule has 2 aromatic carbocycles. The first-order chi connectivity index (χ1) is 14.7. The van der Waals surface area contributed by atoms with Gasteiger partial charge in [-0.05, 0) is 64.2 Å². The molecule has 0 aliphatic carbocycles. The van der Waals surface area contributed by atoms with Crippen molar-refractivity contribution >= 4 is 38.5 Å². The van der Waals surface area contributed by atoms with Gasteiger partial charge in [0.05, 0.1) is 16.6 Å². The molecule has 0 spiro atoms. The van der Waals surface area contributed by atoms with Gasteiger partial charge in [0.15, 0.2) is 0 Å². The van der Waals surface area contributed by atoms with Gasteiger partial charge < -0.3 is 4.74 Å². The average molecular weight is 480 g/mol. The zero-order valence-corrected chi connectivity index (χ0v) is 19.2. The molecule has 30 heavy (non-hydrogen) atoms. The van der Waals surface area contributed by atoms with Gasteiger partial charge in [0, 0.05) is 30.7 Å². The molecule has 2 heterocycles. The third kappa shape index (κ3) is 4.65. The molecule has 1 aromatic heterocycles. The largest absolute Gasteiger partial charge is 0.493 e. The predicted octanol–water partition coefficient (Wildman–Crippen LogP) is 6.09. The van der Waals surface area contributed by atoms with E-state index in [9.17, 15) is 5.26 Å². The van der Waals surface area contributed by atoms with Crippen LogP contribution in [0.25, 0.3) is 0 Å². The van der Waals surface area contributed by atoms with E-state index in [0.29, 0.717) is 6.61 Å². The highest BCUT2D eigenvalue weighted by Gasteiger charge is 2.24. The van der Waals surface area contributed by atoms with E-state index in [1.54, 1.807) is 11.3 Å². The quantitative estimate of drug-likeness (QED) is 0.401. The number of aliphatic imine (C=N–C) groups is 1. The second kappa shape index (κ2) is 9.57. The Labute approximate surface area is 189 Å². The van der Waals surface area contributed by atoms with Crippen LogP contribution in [0.15, 0.2) is 58.0 Å². The Bertz CT molecular complexity index is 1100. The molecular formula is C24H22BrN3OS. The molecule has 0 saturated carbocycles. The summed E-state index contributed by atoms with van der Waals surface area (Å²) in [6, 6.07) is 18.8. The maximum absolute atomic E-state index is 9.75. The van der Waals surface area contributed by atoms with Crippen LogP contribution in [0, 0.1) is 11.3 Å². The van der Waals surface area contributed by atoms with E-state index >= 15 is 0 Å². The molecule has 4 rings (SSSR count). The van der Waals surface area contributed by atoms with Crippen molar-refractivity contribution in [2.24, 2.45) is 4.99 Å².